The standard InChI is InChI=1S/C13H23N3/c1-4-16(9-11(2)3)10-13-7-5-6-12(8-14)15-13/h5-7,11H,4,8-10,14H2,1-3H3. The summed E-state index contributed by atoms with van der Waals surface area (Å²) in [7, 11) is 0. The average molecular weight is 221 g/mol. The van der Waals surface area contributed by atoms with Crippen molar-refractivity contribution in [1.82, 2.24) is 9.88 Å². The van der Waals surface area contributed by atoms with E-state index in [4.69, 9.17) is 5.73 Å². The maximum atomic E-state index is 5.59. The molecule has 1 heterocycles. The Morgan fingerprint density at radius 2 is 2.00 bits per heavy atom. The van der Waals surface area contributed by atoms with Gasteiger partial charge in [-0.15, -0.1) is 0 Å². The number of nitrogens with zero attached hydrogens (tertiary/aromatic N) is 2. The van der Waals surface area contributed by atoms with Crippen molar-refractivity contribution in [1.29, 1.82) is 0 Å². The maximum Gasteiger partial charge on any atom is 0.0547 e. The Balaban J connectivity index is 2.62. The molecule has 0 fully saturated rings. The third-order valence-electron chi connectivity index (χ3n) is 2.53. The second kappa shape index (κ2) is 6.61. The second-order valence-electron chi connectivity index (χ2n) is 4.55. The predicted molar refractivity (Wildman–Crippen MR) is 67.9 cm³/mol. The molecule has 1 rings (SSSR count). The number of nitrogens with two attached hydrogens (primary N) is 1. The highest BCUT2D eigenvalue weighted by molar-refractivity contribution is 5.10. The Morgan fingerprint density at radius 3 is 2.56 bits per heavy atom. The first-order valence-electron chi connectivity index (χ1n) is 6.03. The van der Waals surface area contributed by atoms with Crippen molar-refractivity contribution in [3.63, 3.8) is 0 Å². The van der Waals surface area contributed by atoms with Gasteiger partial charge >= 0.3 is 0 Å². The molecule has 0 aromatic carbocycles. The van der Waals surface area contributed by atoms with Gasteiger partial charge in [0.2, 0.25) is 0 Å². The normalized spacial score (nSPS) is 11.4. The lowest BCUT2D eigenvalue weighted by molar-refractivity contribution is 0.245. The highest BCUT2D eigenvalue weighted by Gasteiger charge is 2.07. The van der Waals surface area contributed by atoms with Crippen LogP contribution in [0.15, 0.2) is 18.2 Å². The number of pyridine rings is 1. The molecule has 3 heteroatoms. The Morgan fingerprint density at radius 1 is 1.31 bits per heavy atom. The topological polar surface area (TPSA) is 42.1 Å². The highest BCUT2D eigenvalue weighted by Crippen LogP contribution is 2.06. The summed E-state index contributed by atoms with van der Waals surface area (Å²) < 4.78 is 0. The minimum absolute atomic E-state index is 0.518. The molecule has 16 heavy (non-hydrogen) atoms. The number of rotatable bonds is 6. The number of hydrogen-bond acceptors (Lipinski definition) is 3. The van der Waals surface area contributed by atoms with Gasteiger partial charge < -0.3 is 5.73 Å². The lowest BCUT2D eigenvalue weighted by atomic mass is 10.2. The molecule has 0 aliphatic heterocycles. The number of aromatic nitrogens is 1. The van der Waals surface area contributed by atoms with Gasteiger partial charge in [0.05, 0.1) is 11.4 Å². The quantitative estimate of drug-likeness (QED) is 0.799. The van der Waals surface area contributed by atoms with Crippen LogP contribution < -0.4 is 5.73 Å². The van der Waals surface area contributed by atoms with Gasteiger partial charge in [0.1, 0.15) is 0 Å². The molecule has 1 aromatic heterocycles. The summed E-state index contributed by atoms with van der Waals surface area (Å²) in [6.07, 6.45) is 0. The van der Waals surface area contributed by atoms with Gasteiger partial charge in [0.25, 0.3) is 0 Å². The van der Waals surface area contributed by atoms with Crippen molar-refractivity contribution in [3.05, 3.63) is 29.6 Å². The molecular weight excluding hydrogens is 198 g/mol. The predicted octanol–water partition coefficient (Wildman–Crippen LogP) is 2.02. The molecule has 90 valence electrons. The molecule has 0 spiro atoms. The highest BCUT2D eigenvalue weighted by atomic mass is 15.1. The zero-order chi connectivity index (χ0) is 12.0. The van der Waals surface area contributed by atoms with Crippen LogP contribution in [0.4, 0.5) is 0 Å². The van der Waals surface area contributed by atoms with E-state index < -0.39 is 0 Å². The lowest BCUT2D eigenvalue weighted by Gasteiger charge is -2.22. The summed E-state index contributed by atoms with van der Waals surface area (Å²) in [6, 6.07) is 6.08. The van der Waals surface area contributed by atoms with Gasteiger partial charge in [-0.3, -0.25) is 9.88 Å². The molecule has 0 aliphatic carbocycles. The zero-order valence-corrected chi connectivity index (χ0v) is 10.6. The molecular formula is C13H23N3. The minimum Gasteiger partial charge on any atom is -0.325 e. The molecule has 3 nitrogen and oxygen atoms in total. The Bertz CT molecular complexity index is 310. The maximum absolute atomic E-state index is 5.59. The summed E-state index contributed by atoms with van der Waals surface area (Å²) in [5, 5.41) is 0. The molecule has 0 saturated heterocycles. The van der Waals surface area contributed by atoms with E-state index in [1.165, 1.54) is 0 Å². The summed E-state index contributed by atoms with van der Waals surface area (Å²) >= 11 is 0. The molecule has 0 unspecified atom stereocenters. The van der Waals surface area contributed by atoms with Crippen LogP contribution in [-0.4, -0.2) is 23.0 Å². The monoisotopic (exact) mass is 221 g/mol. The third-order valence-corrected chi connectivity index (χ3v) is 2.53. The summed E-state index contributed by atoms with van der Waals surface area (Å²) in [4.78, 5) is 6.93. The van der Waals surface area contributed by atoms with Crippen molar-refractivity contribution in [2.24, 2.45) is 11.7 Å². The van der Waals surface area contributed by atoms with E-state index >= 15 is 0 Å². The molecule has 0 bridgehead atoms. The van der Waals surface area contributed by atoms with Gasteiger partial charge in [-0.05, 0) is 24.6 Å². The van der Waals surface area contributed by atoms with Gasteiger partial charge in [-0.2, -0.15) is 0 Å². The van der Waals surface area contributed by atoms with E-state index in [0.717, 1.165) is 31.0 Å². The van der Waals surface area contributed by atoms with E-state index in [1.54, 1.807) is 0 Å². The Kier molecular flexibility index (Phi) is 5.43. The van der Waals surface area contributed by atoms with Crippen molar-refractivity contribution < 1.29 is 0 Å². The van der Waals surface area contributed by atoms with Crippen LogP contribution in [0, 0.1) is 5.92 Å². The molecule has 1 aromatic rings. The van der Waals surface area contributed by atoms with E-state index in [-0.39, 0.29) is 0 Å². The molecule has 2 N–H and O–H groups in total. The number of hydrogen-bond donors (Lipinski definition) is 1. The van der Waals surface area contributed by atoms with Crippen molar-refractivity contribution >= 4 is 0 Å². The van der Waals surface area contributed by atoms with Crippen LogP contribution in [0.25, 0.3) is 0 Å². The SMILES string of the molecule is CCN(Cc1cccc(CN)n1)CC(C)C. The summed E-state index contributed by atoms with van der Waals surface area (Å²) in [6.45, 7) is 10.3. The largest absolute Gasteiger partial charge is 0.325 e. The Hall–Kier alpha value is -0.930. The molecule has 0 atom stereocenters. The van der Waals surface area contributed by atoms with E-state index in [9.17, 15) is 0 Å². The molecule has 0 aliphatic rings. The van der Waals surface area contributed by atoms with Gasteiger partial charge in [0.15, 0.2) is 0 Å². The summed E-state index contributed by atoms with van der Waals surface area (Å²) in [5.41, 5.74) is 7.67. The van der Waals surface area contributed by atoms with Gasteiger partial charge in [0, 0.05) is 19.6 Å². The van der Waals surface area contributed by atoms with Crippen molar-refractivity contribution in [2.75, 3.05) is 13.1 Å². The van der Waals surface area contributed by atoms with Crippen LogP contribution in [0.3, 0.4) is 0 Å². The fraction of sp³-hybridized carbons (Fsp3) is 0.615. The van der Waals surface area contributed by atoms with Gasteiger partial charge in [-0.1, -0.05) is 26.8 Å². The van der Waals surface area contributed by atoms with Crippen LogP contribution in [0.1, 0.15) is 32.2 Å². The zero-order valence-electron chi connectivity index (χ0n) is 10.6. The van der Waals surface area contributed by atoms with Gasteiger partial charge in [-0.25, -0.2) is 0 Å². The summed E-state index contributed by atoms with van der Waals surface area (Å²) in [5.74, 6) is 0.692. The van der Waals surface area contributed by atoms with E-state index in [2.05, 4.69) is 36.7 Å². The van der Waals surface area contributed by atoms with Crippen LogP contribution >= 0.6 is 0 Å². The van der Waals surface area contributed by atoms with E-state index in [0.29, 0.717) is 12.5 Å². The minimum atomic E-state index is 0.518. The van der Waals surface area contributed by atoms with E-state index in [1.807, 2.05) is 12.1 Å². The molecule has 0 radical (unpaired) electrons. The smallest absolute Gasteiger partial charge is 0.0547 e. The van der Waals surface area contributed by atoms with Crippen molar-refractivity contribution in [3.8, 4) is 0 Å². The second-order valence-corrected chi connectivity index (χ2v) is 4.55. The van der Waals surface area contributed by atoms with Crippen molar-refractivity contribution in [2.45, 2.75) is 33.9 Å². The first kappa shape index (κ1) is 13.1. The molecule has 0 saturated carbocycles. The first-order chi connectivity index (χ1) is 7.65. The average Bonchev–Trinajstić information content (AvgIpc) is 2.28. The third kappa shape index (κ3) is 4.29. The molecule has 0 amide bonds. The Labute approximate surface area is 98.7 Å². The lowest BCUT2D eigenvalue weighted by Crippen LogP contribution is -2.27. The fourth-order valence-corrected chi connectivity index (χ4v) is 1.78. The van der Waals surface area contributed by atoms with Crippen LogP contribution in [0.2, 0.25) is 0 Å². The fourth-order valence-electron chi connectivity index (χ4n) is 1.78. The van der Waals surface area contributed by atoms with Crippen LogP contribution in [0.5, 0.6) is 0 Å². The van der Waals surface area contributed by atoms with Crippen LogP contribution in [-0.2, 0) is 13.1 Å². The first-order valence-corrected chi connectivity index (χ1v) is 6.03.